The van der Waals surface area contributed by atoms with Crippen molar-refractivity contribution in [2.45, 2.75) is 6.92 Å². The van der Waals surface area contributed by atoms with Gasteiger partial charge in [-0.1, -0.05) is 172 Å². The van der Waals surface area contributed by atoms with Crippen LogP contribution in [0.4, 0.5) is 0 Å². The summed E-state index contributed by atoms with van der Waals surface area (Å²) in [6.45, 7) is 18.4. The molecule has 0 aliphatic rings. The lowest BCUT2D eigenvalue weighted by Gasteiger charge is -2.15. The molecule has 11 aromatic rings. The van der Waals surface area contributed by atoms with Gasteiger partial charge in [0.1, 0.15) is 0 Å². The van der Waals surface area contributed by atoms with Crippen LogP contribution in [-0.2, 0) is 0 Å². The van der Waals surface area contributed by atoms with Crippen molar-refractivity contribution >= 4 is 87.2 Å². The molecule has 0 N–H and O–H groups in total. The molecule has 0 saturated heterocycles. The average molecular weight is 805 g/mol. The van der Waals surface area contributed by atoms with Gasteiger partial charge in [0.25, 0.3) is 0 Å². The van der Waals surface area contributed by atoms with Gasteiger partial charge < -0.3 is 9.13 Å². The van der Waals surface area contributed by atoms with Crippen LogP contribution < -0.4 is 0 Å². The number of fused-ring (bicyclic) bond motifs is 10. The van der Waals surface area contributed by atoms with Crippen molar-refractivity contribution in [3.8, 4) is 27.9 Å². The molecule has 0 radical (unpaired) electrons. The molecule has 0 aliphatic carbocycles. The fraction of sp³-hybridized carbons (Fsp3) is 0.0164. The summed E-state index contributed by atoms with van der Waals surface area (Å²) >= 11 is 0. The summed E-state index contributed by atoms with van der Waals surface area (Å²) in [5.74, 6) is 0. The zero-order valence-corrected chi connectivity index (χ0v) is 35.3. The van der Waals surface area contributed by atoms with Crippen LogP contribution in [0.1, 0.15) is 11.1 Å². The lowest BCUT2D eigenvalue weighted by molar-refractivity contribution is 1.19. The third kappa shape index (κ3) is 5.95. The molecule has 63 heavy (non-hydrogen) atoms. The third-order valence-corrected chi connectivity index (χ3v) is 12.9. The number of benzene rings is 9. The number of aryl methyl sites for hydroxylation is 1. The number of rotatable bonds is 9. The summed E-state index contributed by atoms with van der Waals surface area (Å²) in [6.07, 6.45) is 11.6. The van der Waals surface area contributed by atoms with E-state index in [0.29, 0.717) is 0 Å². The van der Waals surface area contributed by atoms with Gasteiger partial charge in [-0.15, -0.1) is 0 Å². The summed E-state index contributed by atoms with van der Waals surface area (Å²) < 4.78 is 4.76. The standard InChI is InChI=1S/C61H44N2/c1-6-15-40(8-3)50-20-14-21-54-49(31-23-39(5)60(50)54)46-25-24-43-36-48(30-26-42(43)35-46)62-57-22-13-12-19-52(57)53-32-28-45(38-59(53)62)44-29-34-58-56(37-44)55-33-27-41-17-10-11-18-51(41)61(55)63(58)47(9-4)16-7-2/h6-38H,1-4H2,5H3/b40-15+,47-16+. The summed E-state index contributed by atoms with van der Waals surface area (Å²) in [7, 11) is 0. The first-order valence-corrected chi connectivity index (χ1v) is 21.5. The highest BCUT2D eigenvalue weighted by Gasteiger charge is 2.19. The molecule has 0 unspecified atom stereocenters. The number of hydrogen-bond donors (Lipinski definition) is 0. The fourth-order valence-electron chi connectivity index (χ4n) is 10.0. The summed E-state index contributed by atoms with van der Waals surface area (Å²) in [5, 5.41) is 12.1. The summed E-state index contributed by atoms with van der Waals surface area (Å²) in [5.41, 5.74) is 15.0. The minimum Gasteiger partial charge on any atom is -0.309 e. The van der Waals surface area contributed by atoms with E-state index in [4.69, 9.17) is 0 Å². The molecule has 2 heterocycles. The van der Waals surface area contributed by atoms with Crippen LogP contribution in [0.5, 0.6) is 0 Å². The Morgan fingerprint density at radius 3 is 2.00 bits per heavy atom. The van der Waals surface area contributed by atoms with Crippen LogP contribution in [0.15, 0.2) is 227 Å². The predicted octanol–water partition coefficient (Wildman–Crippen LogP) is 17.0. The van der Waals surface area contributed by atoms with E-state index in [-0.39, 0.29) is 0 Å². The summed E-state index contributed by atoms with van der Waals surface area (Å²) in [4.78, 5) is 0. The molecule has 2 heteroatoms. The Morgan fingerprint density at radius 1 is 0.460 bits per heavy atom. The Hall–Kier alpha value is -8.20. The number of allylic oxidation sites excluding steroid dienone is 8. The molecule has 9 aromatic carbocycles. The van der Waals surface area contributed by atoms with Crippen LogP contribution in [0.3, 0.4) is 0 Å². The van der Waals surface area contributed by atoms with E-state index >= 15 is 0 Å². The van der Waals surface area contributed by atoms with E-state index < -0.39 is 0 Å². The van der Waals surface area contributed by atoms with E-state index in [0.717, 1.165) is 22.5 Å². The van der Waals surface area contributed by atoms with Gasteiger partial charge in [-0.25, -0.2) is 0 Å². The molecule has 2 aromatic heterocycles. The van der Waals surface area contributed by atoms with Gasteiger partial charge >= 0.3 is 0 Å². The minimum atomic E-state index is 0.990. The minimum absolute atomic E-state index is 0.990. The molecule has 0 saturated carbocycles. The maximum Gasteiger partial charge on any atom is 0.0619 e. The van der Waals surface area contributed by atoms with E-state index in [2.05, 4.69) is 206 Å². The molecule has 0 aliphatic heterocycles. The summed E-state index contributed by atoms with van der Waals surface area (Å²) in [6, 6.07) is 60.4. The third-order valence-electron chi connectivity index (χ3n) is 12.9. The van der Waals surface area contributed by atoms with Crippen molar-refractivity contribution in [2.75, 3.05) is 0 Å². The first kappa shape index (κ1) is 37.8. The van der Waals surface area contributed by atoms with E-state index in [1.54, 1.807) is 0 Å². The Labute approximate surface area is 367 Å². The Bertz CT molecular complexity index is 3820. The van der Waals surface area contributed by atoms with Gasteiger partial charge in [-0.2, -0.15) is 0 Å². The number of para-hydroxylation sites is 1. The number of nitrogens with zero attached hydrogens (tertiary/aromatic N) is 2. The monoisotopic (exact) mass is 804 g/mol. The Kier molecular flexibility index (Phi) is 9.03. The lowest BCUT2D eigenvalue weighted by atomic mass is 9.89. The van der Waals surface area contributed by atoms with Crippen molar-refractivity contribution in [3.63, 3.8) is 0 Å². The van der Waals surface area contributed by atoms with Crippen molar-refractivity contribution in [3.05, 3.63) is 238 Å². The highest BCUT2D eigenvalue weighted by molar-refractivity contribution is 6.20. The highest BCUT2D eigenvalue weighted by Crippen LogP contribution is 2.41. The van der Waals surface area contributed by atoms with Gasteiger partial charge in [-0.3, -0.25) is 0 Å². The van der Waals surface area contributed by atoms with Crippen LogP contribution in [0.25, 0.3) is 115 Å². The van der Waals surface area contributed by atoms with Crippen LogP contribution >= 0.6 is 0 Å². The first-order valence-electron chi connectivity index (χ1n) is 21.5. The predicted molar refractivity (Wildman–Crippen MR) is 275 cm³/mol. The largest absolute Gasteiger partial charge is 0.309 e. The second kappa shape index (κ2) is 15.1. The lowest BCUT2D eigenvalue weighted by Crippen LogP contribution is -1.95. The Morgan fingerprint density at radius 2 is 1.16 bits per heavy atom. The molecule has 11 rings (SSSR count). The highest BCUT2D eigenvalue weighted by atomic mass is 15.0. The molecule has 0 spiro atoms. The van der Waals surface area contributed by atoms with Crippen LogP contribution in [0, 0.1) is 6.92 Å². The van der Waals surface area contributed by atoms with Crippen LogP contribution in [0.2, 0.25) is 0 Å². The molecule has 0 bridgehead atoms. The van der Waals surface area contributed by atoms with E-state index in [1.807, 2.05) is 36.5 Å². The maximum absolute atomic E-state index is 4.19. The van der Waals surface area contributed by atoms with E-state index in [1.165, 1.54) is 104 Å². The van der Waals surface area contributed by atoms with Gasteiger partial charge in [-0.05, 0) is 127 Å². The topological polar surface area (TPSA) is 9.86 Å². The molecule has 0 fully saturated rings. The maximum atomic E-state index is 4.19. The van der Waals surface area contributed by atoms with Gasteiger partial charge in [0, 0.05) is 38.3 Å². The van der Waals surface area contributed by atoms with Crippen LogP contribution in [-0.4, -0.2) is 9.13 Å². The molecular formula is C61H44N2. The number of aromatic nitrogens is 2. The van der Waals surface area contributed by atoms with E-state index in [9.17, 15) is 0 Å². The zero-order chi connectivity index (χ0) is 42.8. The molecule has 0 atom stereocenters. The van der Waals surface area contributed by atoms with Crippen molar-refractivity contribution in [1.29, 1.82) is 0 Å². The van der Waals surface area contributed by atoms with Gasteiger partial charge in [0.05, 0.1) is 22.1 Å². The average Bonchev–Trinajstić information content (AvgIpc) is 3.84. The second-order valence-electron chi connectivity index (χ2n) is 16.3. The first-order chi connectivity index (χ1) is 31.0. The van der Waals surface area contributed by atoms with Gasteiger partial charge in [0.2, 0.25) is 0 Å². The molecule has 2 nitrogen and oxygen atoms in total. The van der Waals surface area contributed by atoms with Gasteiger partial charge in [0.15, 0.2) is 0 Å². The molecule has 0 amide bonds. The molecular weight excluding hydrogens is 761 g/mol. The fourth-order valence-corrected chi connectivity index (χ4v) is 10.0. The molecule has 298 valence electrons. The van der Waals surface area contributed by atoms with Crippen molar-refractivity contribution < 1.29 is 0 Å². The SMILES string of the molecule is C=C/C=C(\C=C)c1cccc2c(-c3ccc4cc(-n5c6ccccc6c6ccc(-c7ccc8c(c7)c7ccc9ccccc9c7n8/C(C=C)=C/C=C)cc65)ccc4c3)ccc(C)c12. The van der Waals surface area contributed by atoms with Crippen molar-refractivity contribution in [1.82, 2.24) is 9.13 Å². The smallest absolute Gasteiger partial charge is 0.0619 e. The quantitative estimate of drug-likeness (QED) is 0.129. The second-order valence-corrected chi connectivity index (χ2v) is 16.3. The van der Waals surface area contributed by atoms with Crippen molar-refractivity contribution in [2.24, 2.45) is 0 Å². The Balaban J connectivity index is 1.05. The number of hydrogen-bond acceptors (Lipinski definition) is 0. The normalized spacial score (nSPS) is 12.3. The zero-order valence-electron chi connectivity index (χ0n) is 35.3.